The van der Waals surface area contributed by atoms with Crippen molar-refractivity contribution >= 4 is 41.5 Å². The van der Waals surface area contributed by atoms with Crippen LogP contribution in [0.4, 0.5) is 5.69 Å². The summed E-state index contributed by atoms with van der Waals surface area (Å²) >= 11 is 0. The topological polar surface area (TPSA) is 60.0 Å². The van der Waals surface area contributed by atoms with Crippen LogP contribution in [0, 0.1) is 0 Å². The molecule has 0 spiro atoms. The van der Waals surface area contributed by atoms with E-state index in [0.717, 1.165) is 31.7 Å². The van der Waals surface area contributed by atoms with E-state index in [1.807, 2.05) is 23.1 Å². The Morgan fingerprint density at radius 2 is 1.88 bits per heavy atom. The first-order valence-corrected chi connectivity index (χ1v) is 9.33. The summed E-state index contributed by atoms with van der Waals surface area (Å²) in [6.07, 6.45) is 4.90. The Kier molecular flexibility index (Phi) is 8.64. The molecule has 1 fully saturated rings. The normalized spacial score (nSPS) is 17.4. The fourth-order valence-corrected chi connectivity index (χ4v) is 3.59. The summed E-state index contributed by atoms with van der Waals surface area (Å²) in [7, 11) is 1.74. The number of carbonyl (C=O) groups is 1. The Balaban J connectivity index is 0.00000243. The molecule has 0 bridgehead atoms. The molecule has 0 unspecified atom stereocenters. The van der Waals surface area contributed by atoms with Crippen LogP contribution in [0.2, 0.25) is 0 Å². The molecule has 0 aliphatic carbocycles. The molecule has 0 radical (unpaired) electrons. The molecule has 2 aliphatic rings. The summed E-state index contributed by atoms with van der Waals surface area (Å²) in [5, 5.41) is 6.45. The summed E-state index contributed by atoms with van der Waals surface area (Å²) in [4.78, 5) is 21.1. The predicted octanol–water partition coefficient (Wildman–Crippen LogP) is 1.84. The Morgan fingerprint density at radius 1 is 1.12 bits per heavy atom. The predicted molar refractivity (Wildman–Crippen MR) is 118 cm³/mol. The lowest BCUT2D eigenvalue weighted by atomic mass is 10.1. The monoisotopic (exact) mass is 471 g/mol. The first kappa shape index (κ1) is 21.0. The first-order valence-electron chi connectivity index (χ1n) is 9.33. The molecule has 3 rings (SSSR count). The van der Waals surface area contributed by atoms with Crippen LogP contribution in [0.1, 0.15) is 24.8 Å². The van der Waals surface area contributed by atoms with Gasteiger partial charge in [0.05, 0.1) is 6.54 Å². The van der Waals surface area contributed by atoms with E-state index in [2.05, 4.69) is 26.6 Å². The number of anilines is 1. The standard InChI is InChI=1S/C19H29N5O.HI/c1-20-19(21-10-14-23-11-5-2-6-12-23)22-15-18(25)24-13-9-16-7-3-4-8-17(16)24;/h3-4,7-8H,2,5-6,9-15H2,1H3,(H2,20,21,22);1H. The number of carbonyl (C=O) groups excluding carboxylic acids is 1. The fraction of sp³-hybridized carbons (Fsp3) is 0.579. The molecule has 1 saturated heterocycles. The molecular weight excluding hydrogens is 441 g/mol. The Hall–Kier alpha value is -1.35. The zero-order valence-corrected chi connectivity index (χ0v) is 17.9. The van der Waals surface area contributed by atoms with Crippen LogP contribution < -0.4 is 15.5 Å². The quantitative estimate of drug-likeness (QED) is 0.391. The second-order valence-electron chi connectivity index (χ2n) is 6.68. The van der Waals surface area contributed by atoms with Gasteiger partial charge in [0.2, 0.25) is 5.91 Å². The highest BCUT2D eigenvalue weighted by atomic mass is 127. The number of hydrogen-bond donors (Lipinski definition) is 2. The lowest BCUT2D eigenvalue weighted by Crippen LogP contribution is -2.46. The van der Waals surface area contributed by atoms with Crippen molar-refractivity contribution in [2.75, 3.05) is 51.2 Å². The summed E-state index contributed by atoms with van der Waals surface area (Å²) in [5.41, 5.74) is 2.29. The van der Waals surface area contributed by atoms with E-state index in [1.54, 1.807) is 7.05 Å². The van der Waals surface area contributed by atoms with Crippen molar-refractivity contribution in [2.24, 2.45) is 4.99 Å². The van der Waals surface area contributed by atoms with Crippen molar-refractivity contribution in [2.45, 2.75) is 25.7 Å². The van der Waals surface area contributed by atoms with Gasteiger partial charge in [-0.1, -0.05) is 24.6 Å². The molecule has 26 heavy (non-hydrogen) atoms. The van der Waals surface area contributed by atoms with Gasteiger partial charge in [0.1, 0.15) is 0 Å². The lowest BCUT2D eigenvalue weighted by Gasteiger charge is -2.26. The Morgan fingerprint density at radius 3 is 2.65 bits per heavy atom. The molecule has 0 atom stereocenters. The third kappa shape index (κ3) is 5.57. The van der Waals surface area contributed by atoms with Crippen LogP contribution in [0.15, 0.2) is 29.3 Å². The van der Waals surface area contributed by atoms with Gasteiger partial charge in [-0.05, 0) is 44.0 Å². The van der Waals surface area contributed by atoms with E-state index in [-0.39, 0.29) is 36.4 Å². The van der Waals surface area contributed by atoms with Crippen LogP contribution in [-0.2, 0) is 11.2 Å². The van der Waals surface area contributed by atoms with Crippen molar-refractivity contribution in [3.8, 4) is 0 Å². The molecule has 2 heterocycles. The van der Waals surface area contributed by atoms with Gasteiger partial charge in [0, 0.05) is 32.4 Å². The van der Waals surface area contributed by atoms with Gasteiger partial charge in [-0.25, -0.2) is 0 Å². The molecule has 0 saturated carbocycles. The molecule has 6 nitrogen and oxygen atoms in total. The highest BCUT2D eigenvalue weighted by molar-refractivity contribution is 14.0. The first-order chi connectivity index (χ1) is 12.3. The number of aliphatic imine (C=N–C) groups is 1. The van der Waals surface area contributed by atoms with Crippen LogP contribution >= 0.6 is 24.0 Å². The van der Waals surface area contributed by atoms with E-state index in [0.29, 0.717) is 5.96 Å². The minimum atomic E-state index is 0. The van der Waals surface area contributed by atoms with Crippen molar-refractivity contribution in [3.63, 3.8) is 0 Å². The van der Waals surface area contributed by atoms with Gasteiger partial charge >= 0.3 is 0 Å². The van der Waals surface area contributed by atoms with Gasteiger partial charge in [-0.15, -0.1) is 24.0 Å². The summed E-state index contributed by atoms with van der Waals surface area (Å²) in [6, 6.07) is 8.13. The maximum absolute atomic E-state index is 12.5. The zero-order chi connectivity index (χ0) is 17.5. The third-order valence-corrected chi connectivity index (χ3v) is 4.99. The van der Waals surface area contributed by atoms with Crippen molar-refractivity contribution < 1.29 is 4.79 Å². The number of para-hydroxylation sites is 1. The zero-order valence-electron chi connectivity index (χ0n) is 15.5. The molecule has 1 aromatic carbocycles. The van der Waals surface area contributed by atoms with Crippen LogP contribution in [0.5, 0.6) is 0 Å². The number of amides is 1. The largest absolute Gasteiger partial charge is 0.355 e. The lowest BCUT2D eigenvalue weighted by molar-refractivity contribution is -0.117. The molecule has 1 aromatic rings. The van der Waals surface area contributed by atoms with Gasteiger partial charge in [0.25, 0.3) is 0 Å². The number of likely N-dealkylation sites (tertiary alicyclic amines) is 1. The maximum atomic E-state index is 12.5. The smallest absolute Gasteiger partial charge is 0.246 e. The van der Waals surface area contributed by atoms with Crippen LogP contribution in [0.3, 0.4) is 0 Å². The van der Waals surface area contributed by atoms with Crippen LogP contribution in [0.25, 0.3) is 0 Å². The summed E-state index contributed by atoms with van der Waals surface area (Å²) in [5.74, 6) is 0.779. The average Bonchev–Trinajstić information content (AvgIpc) is 3.09. The molecule has 2 aliphatic heterocycles. The molecule has 1 amide bonds. The molecule has 7 heteroatoms. The van der Waals surface area contributed by atoms with Crippen molar-refractivity contribution in [3.05, 3.63) is 29.8 Å². The number of nitrogens with one attached hydrogen (secondary N) is 2. The van der Waals surface area contributed by atoms with Crippen LogP contribution in [-0.4, -0.2) is 63.1 Å². The van der Waals surface area contributed by atoms with Crippen molar-refractivity contribution in [1.82, 2.24) is 15.5 Å². The van der Waals surface area contributed by atoms with E-state index in [1.165, 1.54) is 37.9 Å². The van der Waals surface area contributed by atoms with E-state index in [4.69, 9.17) is 0 Å². The second-order valence-corrected chi connectivity index (χ2v) is 6.68. The molecule has 2 N–H and O–H groups in total. The number of fused-ring (bicyclic) bond motifs is 1. The number of guanidine groups is 1. The SMILES string of the molecule is CN=C(NCCN1CCCCC1)NCC(=O)N1CCc2ccccc21.I. The number of nitrogens with zero attached hydrogens (tertiary/aromatic N) is 3. The van der Waals surface area contributed by atoms with E-state index in [9.17, 15) is 4.79 Å². The minimum absolute atomic E-state index is 0. The summed E-state index contributed by atoms with van der Waals surface area (Å²) < 4.78 is 0. The Bertz CT molecular complexity index is 616. The highest BCUT2D eigenvalue weighted by Gasteiger charge is 2.23. The molecule has 144 valence electrons. The van der Waals surface area contributed by atoms with E-state index < -0.39 is 0 Å². The number of hydrogen-bond acceptors (Lipinski definition) is 3. The number of piperidine rings is 1. The third-order valence-electron chi connectivity index (χ3n) is 4.99. The molecular formula is C19H30IN5O. The molecule has 0 aromatic heterocycles. The minimum Gasteiger partial charge on any atom is -0.355 e. The van der Waals surface area contributed by atoms with Crippen molar-refractivity contribution in [1.29, 1.82) is 0 Å². The van der Waals surface area contributed by atoms with Gasteiger partial charge in [0.15, 0.2) is 5.96 Å². The van der Waals surface area contributed by atoms with E-state index >= 15 is 0 Å². The Labute approximate surface area is 173 Å². The average molecular weight is 471 g/mol. The fourth-order valence-electron chi connectivity index (χ4n) is 3.59. The second kappa shape index (κ2) is 10.7. The summed E-state index contributed by atoms with van der Waals surface area (Å²) in [6.45, 7) is 5.29. The number of halogens is 1. The number of benzene rings is 1. The maximum Gasteiger partial charge on any atom is 0.246 e. The van der Waals surface area contributed by atoms with Gasteiger partial charge in [-0.2, -0.15) is 0 Å². The van der Waals surface area contributed by atoms with Gasteiger partial charge in [-0.3, -0.25) is 9.79 Å². The number of rotatable bonds is 5. The van der Waals surface area contributed by atoms with Gasteiger partial charge < -0.3 is 20.4 Å². The highest BCUT2D eigenvalue weighted by Crippen LogP contribution is 2.27.